The zero-order chi connectivity index (χ0) is 19.9. The minimum Gasteiger partial charge on any atom is -0.465 e. The van der Waals surface area contributed by atoms with Crippen LogP contribution in [-0.4, -0.2) is 24.0 Å². The van der Waals surface area contributed by atoms with Crippen molar-refractivity contribution in [1.82, 2.24) is 4.98 Å². The molecular formula is C22H21N3O3. The van der Waals surface area contributed by atoms with Crippen molar-refractivity contribution in [3.63, 3.8) is 0 Å². The first kappa shape index (κ1) is 19.1. The van der Waals surface area contributed by atoms with Gasteiger partial charge in [0.05, 0.1) is 24.6 Å². The fourth-order valence-electron chi connectivity index (χ4n) is 2.75. The van der Waals surface area contributed by atoms with Crippen molar-refractivity contribution in [2.45, 2.75) is 13.3 Å². The summed E-state index contributed by atoms with van der Waals surface area (Å²) in [6, 6.07) is 18.1. The first-order chi connectivity index (χ1) is 13.6. The second-order valence-corrected chi connectivity index (χ2v) is 6.09. The molecule has 3 rings (SSSR count). The van der Waals surface area contributed by atoms with Crippen LogP contribution in [0.2, 0.25) is 0 Å². The molecule has 0 atom stereocenters. The molecule has 1 aromatic heterocycles. The van der Waals surface area contributed by atoms with E-state index in [1.54, 1.807) is 42.6 Å². The molecule has 6 heteroatoms. The summed E-state index contributed by atoms with van der Waals surface area (Å²) in [7, 11) is 1.31. The van der Waals surface area contributed by atoms with Gasteiger partial charge >= 0.3 is 5.97 Å². The number of amides is 1. The zero-order valence-corrected chi connectivity index (χ0v) is 15.7. The third-order valence-electron chi connectivity index (χ3n) is 4.21. The summed E-state index contributed by atoms with van der Waals surface area (Å²) in [5.41, 5.74) is 4.15. The molecule has 0 aliphatic carbocycles. The van der Waals surface area contributed by atoms with Crippen molar-refractivity contribution in [3.05, 3.63) is 83.7 Å². The van der Waals surface area contributed by atoms with Crippen molar-refractivity contribution < 1.29 is 14.3 Å². The van der Waals surface area contributed by atoms with Crippen molar-refractivity contribution in [1.29, 1.82) is 0 Å². The first-order valence-corrected chi connectivity index (χ1v) is 8.91. The smallest absolute Gasteiger partial charge is 0.337 e. The number of nitrogens with one attached hydrogen (secondary N) is 2. The Labute approximate surface area is 163 Å². The molecule has 0 radical (unpaired) electrons. The standard InChI is InChI=1S/C22H21N3O3/c1-3-15-7-4-5-10-19(15)24-18-11-12-20(23-14-18)21(26)25-17-9-6-8-16(13-17)22(27)28-2/h4-14,24H,3H2,1-2H3,(H,25,26). The van der Waals surface area contributed by atoms with Gasteiger partial charge in [0, 0.05) is 11.4 Å². The number of anilines is 3. The van der Waals surface area contributed by atoms with Gasteiger partial charge in [0.15, 0.2) is 0 Å². The summed E-state index contributed by atoms with van der Waals surface area (Å²) in [5, 5.41) is 6.06. The number of methoxy groups -OCH3 is 1. The van der Waals surface area contributed by atoms with Gasteiger partial charge < -0.3 is 15.4 Å². The number of benzene rings is 2. The van der Waals surface area contributed by atoms with Crippen LogP contribution >= 0.6 is 0 Å². The van der Waals surface area contributed by atoms with E-state index >= 15 is 0 Å². The predicted octanol–water partition coefficient (Wildman–Crippen LogP) is 4.43. The van der Waals surface area contributed by atoms with E-state index in [9.17, 15) is 9.59 Å². The van der Waals surface area contributed by atoms with Crippen LogP contribution in [0.3, 0.4) is 0 Å². The number of aryl methyl sites for hydroxylation is 1. The number of esters is 1. The number of hydrogen-bond donors (Lipinski definition) is 2. The Morgan fingerprint density at radius 3 is 2.54 bits per heavy atom. The van der Waals surface area contributed by atoms with E-state index in [1.165, 1.54) is 12.7 Å². The minimum absolute atomic E-state index is 0.276. The van der Waals surface area contributed by atoms with Gasteiger partial charge in [-0.1, -0.05) is 31.2 Å². The normalized spacial score (nSPS) is 10.2. The van der Waals surface area contributed by atoms with Crippen LogP contribution in [0, 0.1) is 0 Å². The van der Waals surface area contributed by atoms with E-state index < -0.39 is 5.97 Å². The average molecular weight is 375 g/mol. The van der Waals surface area contributed by atoms with E-state index in [4.69, 9.17) is 0 Å². The van der Waals surface area contributed by atoms with Gasteiger partial charge in [-0.2, -0.15) is 0 Å². The van der Waals surface area contributed by atoms with Crippen LogP contribution in [0.1, 0.15) is 33.3 Å². The molecule has 0 aliphatic rings. The molecule has 0 bridgehead atoms. The topological polar surface area (TPSA) is 80.3 Å². The van der Waals surface area contributed by atoms with Crippen LogP contribution in [-0.2, 0) is 11.2 Å². The van der Waals surface area contributed by atoms with Gasteiger partial charge in [-0.05, 0) is 48.4 Å². The fourth-order valence-corrected chi connectivity index (χ4v) is 2.75. The molecule has 0 aliphatic heterocycles. The summed E-state index contributed by atoms with van der Waals surface area (Å²) < 4.78 is 4.69. The lowest BCUT2D eigenvalue weighted by Crippen LogP contribution is -2.14. The summed E-state index contributed by atoms with van der Waals surface area (Å²) in [5.74, 6) is -0.820. The highest BCUT2D eigenvalue weighted by Crippen LogP contribution is 2.21. The highest BCUT2D eigenvalue weighted by Gasteiger charge is 2.11. The van der Waals surface area contributed by atoms with E-state index in [-0.39, 0.29) is 11.6 Å². The number of para-hydroxylation sites is 1. The van der Waals surface area contributed by atoms with Crippen LogP contribution < -0.4 is 10.6 Å². The van der Waals surface area contributed by atoms with Gasteiger partial charge in [0.25, 0.3) is 5.91 Å². The minimum atomic E-state index is -0.461. The molecular weight excluding hydrogens is 354 g/mol. The Kier molecular flexibility index (Phi) is 6.01. The predicted molar refractivity (Wildman–Crippen MR) is 109 cm³/mol. The second-order valence-electron chi connectivity index (χ2n) is 6.09. The van der Waals surface area contributed by atoms with Crippen LogP contribution in [0.25, 0.3) is 0 Å². The maximum Gasteiger partial charge on any atom is 0.337 e. The number of pyridine rings is 1. The maximum absolute atomic E-state index is 12.4. The highest BCUT2D eigenvalue weighted by molar-refractivity contribution is 6.03. The Balaban J connectivity index is 1.69. The molecule has 28 heavy (non-hydrogen) atoms. The molecule has 0 fully saturated rings. The van der Waals surface area contributed by atoms with E-state index in [2.05, 4.69) is 33.3 Å². The summed E-state index contributed by atoms with van der Waals surface area (Å²) >= 11 is 0. The lowest BCUT2D eigenvalue weighted by molar-refractivity contribution is 0.0600. The molecule has 2 aromatic carbocycles. The Morgan fingerprint density at radius 2 is 1.82 bits per heavy atom. The largest absolute Gasteiger partial charge is 0.465 e. The molecule has 1 heterocycles. The average Bonchev–Trinajstić information content (AvgIpc) is 2.74. The first-order valence-electron chi connectivity index (χ1n) is 8.91. The van der Waals surface area contributed by atoms with E-state index in [0.29, 0.717) is 11.3 Å². The van der Waals surface area contributed by atoms with E-state index in [1.807, 2.05) is 18.2 Å². The second kappa shape index (κ2) is 8.81. The van der Waals surface area contributed by atoms with Crippen molar-refractivity contribution in [2.75, 3.05) is 17.7 Å². The number of hydrogen-bond acceptors (Lipinski definition) is 5. The Bertz CT molecular complexity index is 984. The third-order valence-corrected chi connectivity index (χ3v) is 4.21. The van der Waals surface area contributed by atoms with Crippen LogP contribution in [0.15, 0.2) is 66.9 Å². The van der Waals surface area contributed by atoms with Gasteiger partial charge in [0.1, 0.15) is 5.69 Å². The summed E-state index contributed by atoms with van der Waals surface area (Å²) in [6.07, 6.45) is 2.54. The fraction of sp³-hybridized carbons (Fsp3) is 0.136. The van der Waals surface area contributed by atoms with Crippen molar-refractivity contribution >= 4 is 28.9 Å². The SMILES string of the molecule is CCc1ccccc1Nc1ccc(C(=O)Nc2cccc(C(=O)OC)c2)nc1. The Morgan fingerprint density at radius 1 is 1.00 bits per heavy atom. The molecule has 6 nitrogen and oxygen atoms in total. The van der Waals surface area contributed by atoms with Crippen LogP contribution in [0.5, 0.6) is 0 Å². The maximum atomic E-state index is 12.4. The molecule has 1 amide bonds. The monoisotopic (exact) mass is 375 g/mol. The van der Waals surface area contributed by atoms with Gasteiger partial charge in [-0.25, -0.2) is 9.78 Å². The quantitative estimate of drug-likeness (QED) is 0.623. The van der Waals surface area contributed by atoms with Gasteiger partial charge in [-0.3, -0.25) is 4.79 Å². The van der Waals surface area contributed by atoms with Crippen molar-refractivity contribution in [3.8, 4) is 0 Å². The third kappa shape index (κ3) is 4.54. The summed E-state index contributed by atoms with van der Waals surface area (Å²) in [6.45, 7) is 2.10. The number of carbonyl (C=O) groups excluding carboxylic acids is 2. The number of nitrogens with zero attached hydrogens (tertiary/aromatic N) is 1. The van der Waals surface area contributed by atoms with Gasteiger partial charge in [0.2, 0.25) is 0 Å². The molecule has 0 saturated carbocycles. The van der Waals surface area contributed by atoms with Crippen LogP contribution in [0.4, 0.5) is 17.1 Å². The zero-order valence-electron chi connectivity index (χ0n) is 15.7. The number of aromatic nitrogens is 1. The molecule has 142 valence electrons. The highest BCUT2D eigenvalue weighted by atomic mass is 16.5. The molecule has 0 unspecified atom stereocenters. The number of rotatable bonds is 6. The molecule has 2 N–H and O–H groups in total. The molecule has 3 aromatic rings. The van der Waals surface area contributed by atoms with E-state index in [0.717, 1.165) is 17.8 Å². The number of carbonyl (C=O) groups is 2. The lowest BCUT2D eigenvalue weighted by Gasteiger charge is -2.11. The number of ether oxygens (including phenoxy) is 1. The Hall–Kier alpha value is -3.67. The molecule has 0 spiro atoms. The van der Waals surface area contributed by atoms with Gasteiger partial charge in [-0.15, -0.1) is 0 Å². The lowest BCUT2D eigenvalue weighted by atomic mass is 10.1. The van der Waals surface area contributed by atoms with Crippen molar-refractivity contribution in [2.24, 2.45) is 0 Å². The summed E-state index contributed by atoms with van der Waals surface area (Å²) in [4.78, 5) is 28.3. The molecule has 0 saturated heterocycles.